The van der Waals surface area contributed by atoms with E-state index in [1.165, 1.54) is 11.8 Å². The van der Waals surface area contributed by atoms with Crippen molar-refractivity contribution in [1.82, 2.24) is 5.32 Å². The number of rotatable bonds is 3. The van der Waals surface area contributed by atoms with Crippen LogP contribution in [0, 0.1) is 0 Å². The molecule has 0 saturated carbocycles. The normalized spacial score (nSPS) is 18.2. The van der Waals surface area contributed by atoms with E-state index in [2.05, 4.69) is 10.6 Å². The summed E-state index contributed by atoms with van der Waals surface area (Å²) in [7, 11) is 0. The van der Waals surface area contributed by atoms with E-state index in [9.17, 15) is 9.59 Å². The summed E-state index contributed by atoms with van der Waals surface area (Å²) in [6.07, 6.45) is 0.221. The molecule has 2 N–H and O–H groups in total. The van der Waals surface area contributed by atoms with Gasteiger partial charge in [0.15, 0.2) is 0 Å². The van der Waals surface area contributed by atoms with E-state index >= 15 is 0 Å². The molecule has 1 aliphatic rings. The van der Waals surface area contributed by atoms with Gasteiger partial charge >= 0.3 is 0 Å². The van der Waals surface area contributed by atoms with Crippen molar-refractivity contribution < 1.29 is 9.59 Å². The van der Waals surface area contributed by atoms with Gasteiger partial charge in [-0.05, 0) is 19.1 Å². The molecule has 0 aromatic heterocycles. The Bertz CT molecular complexity index is 448. The largest absolute Gasteiger partial charge is 0.356 e. The first-order chi connectivity index (χ1) is 8.20. The minimum absolute atomic E-state index is 0.0838. The molecule has 0 bridgehead atoms. The van der Waals surface area contributed by atoms with E-state index in [4.69, 9.17) is 0 Å². The standard InChI is InChI=1S/C12H14N2O2S/c1-2-13-11(15)7-10-12(16)14-8-5-3-4-6-9(8)17-10/h3-6,10H,2,7H2,1H3,(H,13,15)(H,14,16)/t10-/m0/s1. The molecule has 1 aliphatic heterocycles. The number of hydrogen-bond acceptors (Lipinski definition) is 3. The highest BCUT2D eigenvalue weighted by atomic mass is 32.2. The molecular formula is C12H14N2O2S. The lowest BCUT2D eigenvalue weighted by Gasteiger charge is -2.23. The highest BCUT2D eigenvalue weighted by Gasteiger charge is 2.28. The van der Waals surface area contributed by atoms with Crippen molar-refractivity contribution in [1.29, 1.82) is 0 Å². The van der Waals surface area contributed by atoms with Crippen LogP contribution in [0.25, 0.3) is 0 Å². The van der Waals surface area contributed by atoms with Gasteiger partial charge < -0.3 is 10.6 Å². The van der Waals surface area contributed by atoms with Crippen LogP contribution in [0.2, 0.25) is 0 Å². The Morgan fingerprint density at radius 2 is 2.24 bits per heavy atom. The number of hydrogen-bond donors (Lipinski definition) is 2. The van der Waals surface area contributed by atoms with E-state index in [0.717, 1.165) is 10.6 Å². The van der Waals surface area contributed by atoms with Gasteiger partial charge in [0.1, 0.15) is 0 Å². The van der Waals surface area contributed by atoms with Crippen LogP contribution in [0.3, 0.4) is 0 Å². The second-order valence-corrected chi connectivity index (χ2v) is 4.99. The number of carbonyl (C=O) groups excluding carboxylic acids is 2. The van der Waals surface area contributed by atoms with Gasteiger partial charge in [0.25, 0.3) is 0 Å². The Kier molecular flexibility index (Phi) is 3.68. The van der Waals surface area contributed by atoms with Gasteiger partial charge in [0.05, 0.1) is 10.9 Å². The van der Waals surface area contributed by atoms with E-state index in [1.54, 1.807) is 0 Å². The van der Waals surface area contributed by atoms with Crippen LogP contribution in [-0.2, 0) is 9.59 Å². The van der Waals surface area contributed by atoms with Crippen molar-refractivity contribution in [3.63, 3.8) is 0 Å². The average Bonchev–Trinajstić information content (AvgIpc) is 2.30. The highest BCUT2D eigenvalue weighted by Crippen LogP contribution is 2.36. The summed E-state index contributed by atoms with van der Waals surface area (Å²) in [4.78, 5) is 24.3. The van der Waals surface area contributed by atoms with E-state index in [-0.39, 0.29) is 23.5 Å². The molecular weight excluding hydrogens is 236 g/mol. The molecule has 1 atom stereocenters. The summed E-state index contributed by atoms with van der Waals surface area (Å²) in [6, 6.07) is 7.61. The van der Waals surface area contributed by atoms with Crippen molar-refractivity contribution in [2.45, 2.75) is 23.5 Å². The van der Waals surface area contributed by atoms with Gasteiger partial charge in [-0.25, -0.2) is 0 Å². The number of thioether (sulfide) groups is 1. The van der Waals surface area contributed by atoms with Crippen molar-refractivity contribution in [3.05, 3.63) is 24.3 Å². The molecule has 5 heteroatoms. The SMILES string of the molecule is CCNC(=O)C[C@@H]1Sc2ccccc2NC1=O. The fourth-order valence-electron chi connectivity index (χ4n) is 1.66. The van der Waals surface area contributed by atoms with Crippen LogP contribution >= 0.6 is 11.8 Å². The zero-order valence-electron chi connectivity index (χ0n) is 9.53. The summed E-state index contributed by atoms with van der Waals surface area (Å²) in [5, 5.41) is 5.19. The molecule has 2 amide bonds. The minimum atomic E-state index is -0.337. The summed E-state index contributed by atoms with van der Waals surface area (Å²) < 4.78 is 0. The molecule has 4 nitrogen and oxygen atoms in total. The van der Waals surface area contributed by atoms with Crippen LogP contribution in [0.5, 0.6) is 0 Å². The van der Waals surface area contributed by atoms with Gasteiger partial charge in [-0.3, -0.25) is 9.59 Å². The van der Waals surface area contributed by atoms with Gasteiger partial charge in [0, 0.05) is 17.9 Å². The second-order valence-electron chi connectivity index (χ2n) is 3.75. The Hall–Kier alpha value is -1.49. The van der Waals surface area contributed by atoms with Gasteiger partial charge in [0.2, 0.25) is 11.8 Å². The van der Waals surface area contributed by atoms with Crippen LogP contribution in [-0.4, -0.2) is 23.6 Å². The molecule has 0 unspecified atom stereocenters. The third kappa shape index (κ3) is 2.79. The minimum Gasteiger partial charge on any atom is -0.356 e. The zero-order valence-corrected chi connectivity index (χ0v) is 10.3. The van der Waals surface area contributed by atoms with Crippen molar-refractivity contribution in [2.24, 2.45) is 0 Å². The summed E-state index contributed by atoms with van der Waals surface area (Å²) in [5.41, 5.74) is 0.828. The maximum absolute atomic E-state index is 11.8. The average molecular weight is 250 g/mol. The van der Waals surface area contributed by atoms with Gasteiger partial charge in [-0.15, -0.1) is 11.8 Å². The van der Waals surface area contributed by atoms with E-state index < -0.39 is 0 Å². The molecule has 0 radical (unpaired) electrons. The molecule has 2 rings (SSSR count). The predicted octanol–water partition coefficient (Wildman–Crippen LogP) is 1.63. The van der Waals surface area contributed by atoms with E-state index in [1.807, 2.05) is 31.2 Å². The lowest BCUT2D eigenvalue weighted by atomic mass is 10.2. The van der Waals surface area contributed by atoms with Crippen molar-refractivity contribution in [2.75, 3.05) is 11.9 Å². The monoisotopic (exact) mass is 250 g/mol. The molecule has 90 valence electrons. The third-order valence-electron chi connectivity index (χ3n) is 2.45. The fraction of sp³-hybridized carbons (Fsp3) is 0.333. The van der Waals surface area contributed by atoms with Crippen LogP contribution < -0.4 is 10.6 Å². The summed E-state index contributed by atoms with van der Waals surface area (Å²) in [5.74, 6) is -0.181. The fourth-order valence-corrected chi connectivity index (χ4v) is 2.78. The lowest BCUT2D eigenvalue weighted by Crippen LogP contribution is -2.34. The molecule has 1 heterocycles. The summed E-state index contributed by atoms with van der Waals surface area (Å²) in [6.45, 7) is 2.45. The summed E-state index contributed by atoms with van der Waals surface area (Å²) >= 11 is 1.45. The maximum Gasteiger partial charge on any atom is 0.238 e. The number of amides is 2. The Labute approximate surface area is 104 Å². The second kappa shape index (κ2) is 5.23. The molecule has 1 aromatic rings. The van der Waals surface area contributed by atoms with Crippen LogP contribution in [0.4, 0.5) is 5.69 Å². The molecule has 0 saturated heterocycles. The van der Waals surface area contributed by atoms with Gasteiger partial charge in [-0.2, -0.15) is 0 Å². The van der Waals surface area contributed by atoms with Crippen molar-refractivity contribution in [3.8, 4) is 0 Å². The Morgan fingerprint density at radius 3 is 3.00 bits per heavy atom. The first kappa shape index (κ1) is 12.0. The topological polar surface area (TPSA) is 58.2 Å². The predicted molar refractivity (Wildman–Crippen MR) is 68.0 cm³/mol. The third-order valence-corrected chi connectivity index (χ3v) is 3.73. The number of nitrogens with one attached hydrogen (secondary N) is 2. The molecule has 1 aromatic carbocycles. The highest BCUT2D eigenvalue weighted by molar-refractivity contribution is 8.01. The molecule has 17 heavy (non-hydrogen) atoms. The Balaban J connectivity index is 2.07. The number of benzene rings is 1. The smallest absolute Gasteiger partial charge is 0.238 e. The maximum atomic E-state index is 11.8. The number of para-hydroxylation sites is 1. The van der Waals surface area contributed by atoms with E-state index in [0.29, 0.717) is 6.54 Å². The quantitative estimate of drug-likeness (QED) is 0.857. The van der Waals surface area contributed by atoms with Crippen LogP contribution in [0.1, 0.15) is 13.3 Å². The van der Waals surface area contributed by atoms with Gasteiger partial charge in [-0.1, -0.05) is 12.1 Å². The number of carbonyl (C=O) groups is 2. The molecule has 0 spiro atoms. The lowest BCUT2D eigenvalue weighted by molar-refractivity contribution is -0.123. The van der Waals surface area contributed by atoms with Crippen LogP contribution in [0.15, 0.2) is 29.2 Å². The molecule has 0 fully saturated rings. The first-order valence-electron chi connectivity index (χ1n) is 5.54. The first-order valence-corrected chi connectivity index (χ1v) is 6.42. The number of anilines is 1. The zero-order chi connectivity index (χ0) is 12.3. The number of fused-ring (bicyclic) bond motifs is 1. The molecule has 0 aliphatic carbocycles. The Morgan fingerprint density at radius 1 is 1.47 bits per heavy atom. The van der Waals surface area contributed by atoms with Crippen molar-refractivity contribution >= 4 is 29.3 Å².